The van der Waals surface area contributed by atoms with Gasteiger partial charge in [-0.25, -0.2) is 0 Å². The number of carbonyl (C=O) groups excluding carboxylic acids is 1. The molecule has 0 spiro atoms. The van der Waals surface area contributed by atoms with Crippen molar-refractivity contribution in [3.63, 3.8) is 0 Å². The molecule has 0 aromatic heterocycles. The van der Waals surface area contributed by atoms with E-state index in [0.717, 1.165) is 39.1 Å². The van der Waals surface area contributed by atoms with Crippen molar-refractivity contribution in [1.29, 1.82) is 0 Å². The van der Waals surface area contributed by atoms with Crippen molar-refractivity contribution in [3.8, 4) is 0 Å². The van der Waals surface area contributed by atoms with E-state index in [1.165, 1.54) is 11.1 Å². The third-order valence-electron chi connectivity index (χ3n) is 4.22. The van der Waals surface area contributed by atoms with Crippen LogP contribution in [0.25, 0.3) is 0 Å². The fourth-order valence-corrected chi connectivity index (χ4v) is 3.04. The summed E-state index contributed by atoms with van der Waals surface area (Å²) in [5, 5.41) is 0. The fourth-order valence-electron chi connectivity index (χ4n) is 3.04. The van der Waals surface area contributed by atoms with Crippen LogP contribution in [0.3, 0.4) is 0 Å². The number of aryl methyl sites for hydroxylation is 1. The summed E-state index contributed by atoms with van der Waals surface area (Å²) >= 11 is 0. The highest BCUT2D eigenvalue weighted by atomic mass is 16.2. The SMILES string of the molecule is Cc1cccc(CN2CCN(C(=O)[C@@H](N)CC(C)C)CC2)c1. The van der Waals surface area contributed by atoms with Crippen LogP contribution in [0.1, 0.15) is 31.4 Å². The third kappa shape index (κ3) is 4.82. The first-order valence-corrected chi connectivity index (χ1v) is 8.28. The number of piperazine rings is 1. The second-order valence-electron chi connectivity index (χ2n) is 6.83. The van der Waals surface area contributed by atoms with E-state index in [2.05, 4.69) is 49.9 Å². The van der Waals surface area contributed by atoms with Crippen LogP contribution in [-0.2, 0) is 11.3 Å². The molecule has 0 saturated carbocycles. The Bertz CT molecular complexity index is 493. The lowest BCUT2D eigenvalue weighted by Gasteiger charge is -2.36. The summed E-state index contributed by atoms with van der Waals surface area (Å²) < 4.78 is 0. The first kappa shape index (κ1) is 17.0. The maximum atomic E-state index is 12.3. The summed E-state index contributed by atoms with van der Waals surface area (Å²) in [5.41, 5.74) is 8.66. The van der Waals surface area contributed by atoms with Gasteiger partial charge in [0.05, 0.1) is 6.04 Å². The number of nitrogens with two attached hydrogens (primary N) is 1. The van der Waals surface area contributed by atoms with Crippen molar-refractivity contribution in [2.75, 3.05) is 26.2 Å². The lowest BCUT2D eigenvalue weighted by Crippen LogP contribution is -2.53. The van der Waals surface area contributed by atoms with E-state index in [1.807, 2.05) is 4.90 Å². The molecule has 1 amide bonds. The minimum absolute atomic E-state index is 0.115. The Morgan fingerprint density at radius 2 is 1.91 bits per heavy atom. The maximum Gasteiger partial charge on any atom is 0.239 e. The molecule has 1 aliphatic heterocycles. The molecule has 1 saturated heterocycles. The zero-order valence-electron chi connectivity index (χ0n) is 14.1. The van der Waals surface area contributed by atoms with Crippen LogP contribution in [0.15, 0.2) is 24.3 Å². The van der Waals surface area contributed by atoms with Crippen molar-refractivity contribution < 1.29 is 4.79 Å². The van der Waals surface area contributed by atoms with Gasteiger partial charge in [0, 0.05) is 32.7 Å². The van der Waals surface area contributed by atoms with Crippen LogP contribution in [0.4, 0.5) is 0 Å². The summed E-state index contributed by atoms with van der Waals surface area (Å²) in [4.78, 5) is 16.7. The lowest BCUT2D eigenvalue weighted by atomic mass is 10.0. The Balaban J connectivity index is 1.81. The average Bonchev–Trinajstić information content (AvgIpc) is 2.46. The Labute approximate surface area is 134 Å². The van der Waals surface area contributed by atoms with Gasteiger partial charge in [0.1, 0.15) is 0 Å². The van der Waals surface area contributed by atoms with E-state index >= 15 is 0 Å². The summed E-state index contributed by atoms with van der Waals surface area (Å²) in [5.74, 6) is 0.575. The Morgan fingerprint density at radius 3 is 2.50 bits per heavy atom. The fraction of sp³-hybridized carbons (Fsp3) is 0.611. The molecule has 1 aliphatic rings. The van der Waals surface area contributed by atoms with Crippen LogP contribution in [-0.4, -0.2) is 47.9 Å². The second kappa shape index (κ2) is 7.75. The Morgan fingerprint density at radius 1 is 1.23 bits per heavy atom. The van der Waals surface area contributed by atoms with Crippen LogP contribution in [0, 0.1) is 12.8 Å². The van der Waals surface area contributed by atoms with Gasteiger partial charge in [-0.15, -0.1) is 0 Å². The van der Waals surface area contributed by atoms with E-state index < -0.39 is 0 Å². The number of hydrogen-bond acceptors (Lipinski definition) is 3. The van der Waals surface area contributed by atoms with Gasteiger partial charge in [-0.3, -0.25) is 9.69 Å². The zero-order chi connectivity index (χ0) is 16.1. The topological polar surface area (TPSA) is 49.6 Å². The molecule has 0 bridgehead atoms. The molecule has 0 radical (unpaired) electrons. The first-order valence-electron chi connectivity index (χ1n) is 8.28. The van der Waals surface area contributed by atoms with E-state index in [0.29, 0.717) is 5.92 Å². The zero-order valence-corrected chi connectivity index (χ0v) is 14.1. The van der Waals surface area contributed by atoms with E-state index in [1.54, 1.807) is 0 Å². The molecule has 0 aliphatic carbocycles. The highest BCUT2D eigenvalue weighted by Crippen LogP contribution is 2.12. The van der Waals surface area contributed by atoms with Crippen molar-refractivity contribution in [1.82, 2.24) is 9.80 Å². The maximum absolute atomic E-state index is 12.3. The van der Waals surface area contributed by atoms with Crippen LogP contribution < -0.4 is 5.73 Å². The summed E-state index contributed by atoms with van der Waals surface area (Å²) in [6.45, 7) is 10.7. The van der Waals surface area contributed by atoms with Gasteiger partial charge < -0.3 is 10.6 Å². The second-order valence-corrected chi connectivity index (χ2v) is 6.83. The number of carbonyl (C=O) groups is 1. The van der Waals surface area contributed by atoms with Gasteiger partial charge in [-0.1, -0.05) is 43.7 Å². The largest absolute Gasteiger partial charge is 0.339 e. The predicted molar refractivity (Wildman–Crippen MR) is 90.5 cm³/mol. The molecular weight excluding hydrogens is 274 g/mol. The minimum Gasteiger partial charge on any atom is -0.339 e. The van der Waals surface area contributed by atoms with Crippen LogP contribution in [0.5, 0.6) is 0 Å². The van der Waals surface area contributed by atoms with Gasteiger partial charge in [0.2, 0.25) is 5.91 Å². The van der Waals surface area contributed by atoms with Gasteiger partial charge in [0.25, 0.3) is 0 Å². The molecule has 122 valence electrons. The molecule has 1 aromatic carbocycles. The van der Waals surface area contributed by atoms with E-state index in [9.17, 15) is 4.79 Å². The summed E-state index contributed by atoms with van der Waals surface area (Å²) in [6.07, 6.45) is 0.766. The van der Waals surface area contributed by atoms with E-state index in [4.69, 9.17) is 5.73 Å². The smallest absolute Gasteiger partial charge is 0.239 e. The van der Waals surface area contributed by atoms with Crippen molar-refractivity contribution in [2.24, 2.45) is 11.7 Å². The lowest BCUT2D eigenvalue weighted by molar-refractivity contribution is -0.134. The van der Waals surface area contributed by atoms with Gasteiger partial charge in [0.15, 0.2) is 0 Å². The highest BCUT2D eigenvalue weighted by Gasteiger charge is 2.25. The molecule has 4 nitrogen and oxygen atoms in total. The van der Waals surface area contributed by atoms with Gasteiger partial charge >= 0.3 is 0 Å². The molecule has 1 aromatic rings. The standard InChI is InChI=1S/C18H29N3O/c1-14(2)11-17(19)18(22)21-9-7-20(8-10-21)13-16-6-4-5-15(3)12-16/h4-6,12,14,17H,7-11,13,19H2,1-3H3/t17-/m0/s1. The van der Waals surface area contributed by atoms with Crippen molar-refractivity contribution >= 4 is 5.91 Å². The molecule has 1 heterocycles. The number of nitrogens with zero attached hydrogens (tertiary/aromatic N) is 2. The third-order valence-corrected chi connectivity index (χ3v) is 4.22. The number of hydrogen-bond donors (Lipinski definition) is 1. The molecule has 22 heavy (non-hydrogen) atoms. The molecular formula is C18H29N3O. The van der Waals surface area contributed by atoms with Crippen molar-refractivity contribution in [3.05, 3.63) is 35.4 Å². The van der Waals surface area contributed by atoms with Gasteiger partial charge in [-0.05, 0) is 24.8 Å². The molecule has 4 heteroatoms. The number of rotatable bonds is 5. The minimum atomic E-state index is -0.344. The Kier molecular flexibility index (Phi) is 5.98. The van der Waals surface area contributed by atoms with Crippen LogP contribution in [0.2, 0.25) is 0 Å². The summed E-state index contributed by atoms with van der Waals surface area (Å²) in [7, 11) is 0. The normalized spacial score (nSPS) is 17.8. The highest BCUT2D eigenvalue weighted by molar-refractivity contribution is 5.81. The van der Waals surface area contributed by atoms with E-state index in [-0.39, 0.29) is 11.9 Å². The molecule has 2 rings (SSSR count). The first-order chi connectivity index (χ1) is 10.5. The molecule has 0 unspecified atom stereocenters. The average molecular weight is 303 g/mol. The monoisotopic (exact) mass is 303 g/mol. The number of benzene rings is 1. The molecule has 2 N–H and O–H groups in total. The Hall–Kier alpha value is -1.39. The van der Waals surface area contributed by atoms with Crippen LogP contribution >= 0.6 is 0 Å². The quantitative estimate of drug-likeness (QED) is 0.905. The van der Waals surface area contributed by atoms with Gasteiger partial charge in [-0.2, -0.15) is 0 Å². The molecule has 1 fully saturated rings. The number of amides is 1. The predicted octanol–water partition coefficient (Wildman–Crippen LogP) is 2.01. The molecule has 1 atom stereocenters. The van der Waals surface area contributed by atoms with Crippen molar-refractivity contribution in [2.45, 2.75) is 39.8 Å². The summed E-state index contributed by atoms with van der Waals surface area (Å²) in [6, 6.07) is 8.29.